The molecule has 0 spiro atoms. The van der Waals surface area contributed by atoms with Gasteiger partial charge in [0.15, 0.2) is 5.82 Å². The second-order valence-electron chi connectivity index (χ2n) is 8.62. The molecule has 10 heteroatoms. The van der Waals surface area contributed by atoms with E-state index in [9.17, 15) is 18.7 Å². The monoisotopic (exact) mass is 466 g/mol. The molecule has 3 heterocycles. The Morgan fingerprint density at radius 1 is 1.15 bits per heavy atom. The van der Waals surface area contributed by atoms with E-state index in [2.05, 4.69) is 25.9 Å². The number of aromatic nitrogens is 2. The molecule has 0 saturated carbocycles. The maximum Gasteiger partial charge on any atom is 0.246 e. The Morgan fingerprint density at radius 2 is 1.85 bits per heavy atom. The molecule has 1 fully saturated rings. The quantitative estimate of drug-likeness (QED) is 0.469. The molecule has 5 rings (SSSR count). The van der Waals surface area contributed by atoms with Gasteiger partial charge in [-0.1, -0.05) is 18.2 Å². The molecule has 1 aromatic heterocycles. The molecule has 176 valence electrons. The van der Waals surface area contributed by atoms with Crippen LogP contribution in [0.2, 0.25) is 0 Å². The molecular formula is C24H24F2N6O2. The number of aliphatic hydroxyl groups excluding tert-OH is 1. The van der Waals surface area contributed by atoms with Crippen molar-refractivity contribution in [2.45, 2.75) is 25.2 Å². The summed E-state index contributed by atoms with van der Waals surface area (Å²) in [6.45, 7) is 3.41. The molecule has 3 aromatic rings. The van der Waals surface area contributed by atoms with Gasteiger partial charge in [-0.15, -0.1) is 0 Å². The van der Waals surface area contributed by atoms with Crippen LogP contribution in [-0.4, -0.2) is 46.0 Å². The molecule has 34 heavy (non-hydrogen) atoms. The molecule has 2 unspecified atom stereocenters. The van der Waals surface area contributed by atoms with Crippen molar-refractivity contribution in [1.29, 1.82) is 0 Å². The third-order valence-electron chi connectivity index (χ3n) is 6.37. The van der Waals surface area contributed by atoms with Gasteiger partial charge in [0.05, 0.1) is 16.8 Å². The number of aliphatic hydroxyl groups is 1. The second-order valence-corrected chi connectivity index (χ2v) is 8.62. The molecule has 0 aliphatic carbocycles. The number of anilines is 2. The van der Waals surface area contributed by atoms with E-state index in [0.29, 0.717) is 30.0 Å². The summed E-state index contributed by atoms with van der Waals surface area (Å²) in [5, 5.41) is 19.7. The zero-order valence-corrected chi connectivity index (χ0v) is 18.7. The van der Waals surface area contributed by atoms with Crippen LogP contribution in [0, 0.1) is 11.6 Å². The van der Waals surface area contributed by atoms with E-state index >= 15 is 0 Å². The van der Waals surface area contributed by atoms with Crippen LogP contribution in [0.5, 0.6) is 0 Å². The van der Waals surface area contributed by atoms with E-state index in [4.69, 9.17) is 0 Å². The van der Waals surface area contributed by atoms with Crippen LogP contribution in [0.3, 0.4) is 0 Å². The van der Waals surface area contributed by atoms with Crippen molar-refractivity contribution >= 4 is 17.4 Å². The Bertz CT molecular complexity index is 1250. The molecular weight excluding hydrogens is 442 g/mol. The van der Waals surface area contributed by atoms with Gasteiger partial charge in [-0.3, -0.25) is 15.4 Å². The van der Waals surface area contributed by atoms with Crippen LogP contribution in [-0.2, 0) is 16.9 Å². The highest BCUT2D eigenvalue weighted by Gasteiger charge is 2.39. The summed E-state index contributed by atoms with van der Waals surface area (Å²) in [5.74, 6) is -1.43. The van der Waals surface area contributed by atoms with E-state index < -0.39 is 23.4 Å². The number of nitrogens with one attached hydrogen (secondary N) is 3. The van der Waals surface area contributed by atoms with E-state index in [-0.39, 0.29) is 29.7 Å². The first-order valence-corrected chi connectivity index (χ1v) is 10.9. The van der Waals surface area contributed by atoms with Crippen molar-refractivity contribution in [2.75, 3.05) is 25.5 Å². The number of hydrogen-bond donors (Lipinski definition) is 4. The number of likely N-dealkylation sites (N-methyl/N-ethyl adjacent to an activating group) is 1. The molecule has 0 bridgehead atoms. The van der Waals surface area contributed by atoms with Crippen LogP contribution in [0.25, 0.3) is 11.4 Å². The lowest BCUT2D eigenvalue weighted by Crippen LogP contribution is -2.59. The molecule has 1 amide bonds. The number of hydrogen-bond acceptors (Lipinski definition) is 7. The van der Waals surface area contributed by atoms with Gasteiger partial charge in [-0.25, -0.2) is 18.7 Å². The normalized spacial score (nSPS) is 22.1. The third-order valence-corrected chi connectivity index (χ3v) is 6.37. The van der Waals surface area contributed by atoms with Crippen LogP contribution in [0.15, 0.2) is 42.5 Å². The summed E-state index contributed by atoms with van der Waals surface area (Å²) in [6.07, 6.45) is -1.02. The van der Waals surface area contributed by atoms with Crippen LogP contribution < -0.4 is 16.0 Å². The SMILES string of the molecule is CN1CCNC(C)(c2ccc(Nc3nc(-c4c(F)cccc4F)nc4c3C(O)NC4)cc2)C1=O. The number of halogens is 2. The Hall–Kier alpha value is -3.47. The maximum absolute atomic E-state index is 14.4. The molecule has 2 aliphatic heterocycles. The van der Waals surface area contributed by atoms with Gasteiger partial charge in [0, 0.05) is 32.4 Å². The number of amides is 1. The van der Waals surface area contributed by atoms with Gasteiger partial charge in [-0.05, 0) is 36.8 Å². The Kier molecular flexibility index (Phi) is 5.51. The highest BCUT2D eigenvalue weighted by molar-refractivity contribution is 5.88. The number of carbonyl (C=O) groups excluding carboxylic acids is 1. The predicted octanol–water partition coefficient (Wildman–Crippen LogP) is 2.54. The second kappa shape index (κ2) is 8.39. The average Bonchev–Trinajstić information content (AvgIpc) is 3.19. The first-order chi connectivity index (χ1) is 16.3. The average molecular weight is 466 g/mol. The summed E-state index contributed by atoms with van der Waals surface area (Å²) < 4.78 is 28.8. The van der Waals surface area contributed by atoms with E-state index in [0.717, 1.165) is 17.7 Å². The fourth-order valence-electron chi connectivity index (χ4n) is 4.43. The van der Waals surface area contributed by atoms with Crippen molar-refractivity contribution in [3.05, 3.63) is 70.9 Å². The van der Waals surface area contributed by atoms with Crippen molar-refractivity contribution in [2.24, 2.45) is 0 Å². The fraction of sp³-hybridized carbons (Fsp3) is 0.292. The number of fused-ring (bicyclic) bond motifs is 1. The minimum atomic E-state index is -1.02. The molecule has 2 aromatic carbocycles. The number of piperazine rings is 1. The van der Waals surface area contributed by atoms with Crippen molar-refractivity contribution in [1.82, 2.24) is 25.5 Å². The lowest BCUT2D eigenvalue weighted by atomic mass is 9.88. The number of nitrogens with zero attached hydrogens (tertiary/aromatic N) is 3. The number of benzene rings is 2. The Balaban J connectivity index is 1.50. The van der Waals surface area contributed by atoms with Gasteiger partial charge in [-0.2, -0.15) is 0 Å². The van der Waals surface area contributed by atoms with Gasteiger partial charge in [0.2, 0.25) is 5.91 Å². The molecule has 4 N–H and O–H groups in total. The first kappa shape index (κ1) is 22.3. The molecule has 1 saturated heterocycles. The van der Waals surface area contributed by atoms with Crippen molar-refractivity contribution in [3.8, 4) is 11.4 Å². The summed E-state index contributed by atoms with van der Waals surface area (Å²) in [4.78, 5) is 23.1. The topological polar surface area (TPSA) is 102 Å². The maximum atomic E-state index is 14.4. The first-order valence-electron chi connectivity index (χ1n) is 10.9. The van der Waals surface area contributed by atoms with Crippen molar-refractivity contribution < 1.29 is 18.7 Å². The largest absolute Gasteiger partial charge is 0.374 e. The third kappa shape index (κ3) is 3.69. The molecule has 2 aliphatic rings. The summed E-state index contributed by atoms with van der Waals surface area (Å²) in [6, 6.07) is 10.8. The summed E-state index contributed by atoms with van der Waals surface area (Å²) in [7, 11) is 1.78. The zero-order valence-electron chi connectivity index (χ0n) is 18.7. The summed E-state index contributed by atoms with van der Waals surface area (Å²) >= 11 is 0. The van der Waals surface area contributed by atoms with Gasteiger partial charge in [0.25, 0.3) is 0 Å². The van der Waals surface area contributed by atoms with E-state index in [1.54, 1.807) is 24.1 Å². The fourth-order valence-corrected chi connectivity index (χ4v) is 4.43. The number of carbonyl (C=O) groups is 1. The predicted molar refractivity (Wildman–Crippen MR) is 122 cm³/mol. The van der Waals surface area contributed by atoms with Gasteiger partial charge >= 0.3 is 0 Å². The van der Waals surface area contributed by atoms with Crippen LogP contribution in [0.1, 0.15) is 30.0 Å². The lowest BCUT2D eigenvalue weighted by molar-refractivity contribution is -0.139. The Labute approximate surface area is 195 Å². The highest BCUT2D eigenvalue weighted by atomic mass is 19.1. The minimum Gasteiger partial charge on any atom is -0.374 e. The van der Waals surface area contributed by atoms with Crippen LogP contribution >= 0.6 is 0 Å². The summed E-state index contributed by atoms with van der Waals surface area (Å²) in [5.41, 5.74) is 1.14. The standard InChI is InChI=1S/C24H24F2N6O2/c1-24(23(34)32(2)11-10-28-24)13-6-8-14(9-7-13)29-21-19-17(12-27-22(19)33)30-20(31-21)18-15(25)4-3-5-16(18)26/h3-9,22,27-28,33H,10-12H2,1-2H3,(H,29,30,31). The highest BCUT2D eigenvalue weighted by Crippen LogP contribution is 2.34. The Morgan fingerprint density at radius 3 is 2.56 bits per heavy atom. The van der Waals surface area contributed by atoms with E-state index in [1.807, 2.05) is 19.1 Å². The van der Waals surface area contributed by atoms with Crippen molar-refractivity contribution in [3.63, 3.8) is 0 Å². The lowest BCUT2D eigenvalue weighted by Gasteiger charge is -2.39. The van der Waals surface area contributed by atoms with Gasteiger partial charge < -0.3 is 15.3 Å². The van der Waals surface area contributed by atoms with Gasteiger partial charge in [0.1, 0.15) is 29.2 Å². The molecule has 8 nitrogen and oxygen atoms in total. The minimum absolute atomic E-state index is 0.0150. The van der Waals surface area contributed by atoms with Crippen LogP contribution in [0.4, 0.5) is 20.3 Å². The number of rotatable bonds is 4. The smallest absolute Gasteiger partial charge is 0.246 e. The molecule has 0 radical (unpaired) electrons. The zero-order chi connectivity index (χ0) is 24.0. The van der Waals surface area contributed by atoms with E-state index in [1.165, 1.54) is 6.07 Å². The molecule has 2 atom stereocenters.